The lowest BCUT2D eigenvalue weighted by atomic mass is 10.1. The highest BCUT2D eigenvalue weighted by Crippen LogP contribution is 2.16. The smallest absolute Gasteiger partial charge is 0.123 e. The van der Waals surface area contributed by atoms with E-state index in [1.807, 2.05) is 18.2 Å². The predicted molar refractivity (Wildman–Crippen MR) is 99.7 cm³/mol. The van der Waals surface area contributed by atoms with Gasteiger partial charge in [-0.05, 0) is 23.3 Å². The van der Waals surface area contributed by atoms with Gasteiger partial charge in [0.1, 0.15) is 5.82 Å². The molecule has 25 heavy (non-hydrogen) atoms. The fourth-order valence-electron chi connectivity index (χ4n) is 3.12. The third-order valence-electron chi connectivity index (χ3n) is 4.60. The number of nitrogens with zero attached hydrogens (tertiary/aromatic N) is 2. The Bertz CT molecular complexity index is 681. The van der Waals surface area contributed by atoms with Crippen molar-refractivity contribution in [2.45, 2.75) is 6.10 Å². The van der Waals surface area contributed by atoms with E-state index in [9.17, 15) is 9.50 Å². The Hall–Kier alpha value is -2.01. The summed E-state index contributed by atoms with van der Waals surface area (Å²) in [6, 6.07) is 16.5. The van der Waals surface area contributed by atoms with E-state index < -0.39 is 6.10 Å². The summed E-state index contributed by atoms with van der Waals surface area (Å²) in [5.41, 5.74) is 1.87. The number of β-amino-alcohol motifs (C(OH)–C–C–N with tert-alkyl or cyclic N) is 1. The summed E-state index contributed by atoms with van der Waals surface area (Å²) in [4.78, 5) is 4.65. The van der Waals surface area contributed by atoms with Crippen molar-refractivity contribution in [1.29, 1.82) is 0 Å². The van der Waals surface area contributed by atoms with E-state index in [1.54, 1.807) is 12.1 Å². The molecule has 0 aliphatic carbocycles. The highest BCUT2D eigenvalue weighted by Gasteiger charge is 2.19. The zero-order chi connectivity index (χ0) is 17.5. The number of aliphatic hydroxyl groups is 1. The van der Waals surface area contributed by atoms with Crippen LogP contribution in [0.15, 0.2) is 60.7 Å². The monoisotopic (exact) mass is 340 g/mol. The fraction of sp³-hybridized carbons (Fsp3) is 0.333. The van der Waals surface area contributed by atoms with Gasteiger partial charge in [0.05, 0.1) is 6.10 Å². The summed E-state index contributed by atoms with van der Waals surface area (Å²) < 4.78 is 13.3. The second kappa shape index (κ2) is 8.90. The molecule has 4 heteroatoms. The topological polar surface area (TPSA) is 26.7 Å². The Balaban J connectivity index is 1.42. The van der Waals surface area contributed by atoms with Gasteiger partial charge in [0, 0.05) is 39.3 Å². The molecular formula is C21H25FN2O. The largest absolute Gasteiger partial charge is 0.387 e. The second-order valence-electron chi connectivity index (χ2n) is 6.49. The van der Waals surface area contributed by atoms with Crippen LogP contribution in [-0.4, -0.2) is 54.2 Å². The summed E-state index contributed by atoms with van der Waals surface area (Å²) in [5.74, 6) is -0.299. The molecule has 0 aromatic heterocycles. The minimum absolute atomic E-state index is 0.299. The first-order chi connectivity index (χ1) is 12.2. The number of benzene rings is 2. The van der Waals surface area contributed by atoms with Gasteiger partial charge in [-0.25, -0.2) is 4.39 Å². The molecule has 2 aromatic rings. The third-order valence-corrected chi connectivity index (χ3v) is 4.60. The van der Waals surface area contributed by atoms with E-state index in [-0.39, 0.29) is 5.82 Å². The first-order valence-electron chi connectivity index (χ1n) is 8.80. The van der Waals surface area contributed by atoms with Crippen LogP contribution < -0.4 is 0 Å². The van der Waals surface area contributed by atoms with E-state index in [0.29, 0.717) is 12.1 Å². The normalized spacial score (nSPS) is 17.8. The van der Waals surface area contributed by atoms with Crippen molar-refractivity contribution in [3.8, 4) is 0 Å². The van der Waals surface area contributed by atoms with Crippen LogP contribution in [0.5, 0.6) is 0 Å². The average molecular weight is 340 g/mol. The summed E-state index contributed by atoms with van der Waals surface area (Å²) in [6.07, 6.45) is 3.72. The molecule has 0 saturated carbocycles. The molecule has 3 nitrogen and oxygen atoms in total. The molecule has 132 valence electrons. The van der Waals surface area contributed by atoms with Crippen LogP contribution in [0.25, 0.3) is 6.08 Å². The van der Waals surface area contributed by atoms with E-state index in [2.05, 4.69) is 34.1 Å². The molecule has 0 spiro atoms. The standard InChI is InChI=1S/C21H25FN2O/c22-20-10-4-9-19(16-20)21(25)17-24-14-12-23(13-15-24)11-5-8-18-6-2-1-3-7-18/h1-10,16,21,25H,11-15,17H2/b8-5-/t21-/m1/s1. The average Bonchev–Trinajstić information content (AvgIpc) is 2.64. The Morgan fingerprint density at radius 2 is 1.68 bits per heavy atom. The maximum Gasteiger partial charge on any atom is 0.123 e. The molecule has 1 atom stereocenters. The zero-order valence-electron chi connectivity index (χ0n) is 14.4. The molecule has 1 aliphatic heterocycles. The lowest BCUT2D eigenvalue weighted by molar-refractivity contribution is 0.0762. The van der Waals surface area contributed by atoms with Crippen molar-refractivity contribution in [3.05, 3.63) is 77.6 Å². The number of hydrogen-bond acceptors (Lipinski definition) is 3. The van der Waals surface area contributed by atoms with Gasteiger partial charge in [-0.15, -0.1) is 0 Å². The number of rotatable bonds is 6. The number of piperazine rings is 1. The summed E-state index contributed by atoms with van der Waals surface area (Å²) in [5, 5.41) is 10.3. The summed E-state index contributed by atoms with van der Waals surface area (Å²) in [7, 11) is 0. The third kappa shape index (κ3) is 5.49. The molecule has 0 amide bonds. The molecule has 3 rings (SSSR count). The van der Waals surface area contributed by atoms with Crippen LogP contribution >= 0.6 is 0 Å². The number of aliphatic hydroxyl groups excluding tert-OH is 1. The van der Waals surface area contributed by atoms with E-state index >= 15 is 0 Å². The number of hydrogen-bond donors (Lipinski definition) is 1. The number of halogens is 1. The van der Waals surface area contributed by atoms with Gasteiger partial charge < -0.3 is 5.11 Å². The molecule has 0 radical (unpaired) electrons. The molecule has 0 unspecified atom stereocenters. The van der Waals surface area contributed by atoms with Gasteiger partial charge in [0.25, 0.3) is 0 Å². The molecular weight excluding hydrogens is 315 g/mol. The van der Waals surface area contributed by atoms with Crippen molar-refractivity contribution < 1.29 is 9.50 Å². The summed E-state index contributed by atoms with van der Waals surface area (Å²) >= 11 is 0. The fourth-order valence-corrected chi connectivity index (χ4v) is 3.12. The van der Waals surface area contributed by atoms with Gasteiger partial charge in [-0.3, -0.25) is 9.80 Å². The van der Waals surface area contributed by atoms with Crippen LogP contribution in [0.4, 0.5) is 4.39 Å². The van der Waals surface area contributed by atoms with E-state index in [0.717, 1.165) is 32.7 Å². The maximum absolute atomic E-state index is 13.3. The lowest BCUT2D eigenvalue weighted by Gasteiger charge is -2.35. The van der Waals surface area contributed by atoms with Gasteiger partial charge in [-0.2, -0.15) is 0 Å². The lowest BCUT2D eigenvalue weighted by Crippen LogP contribution is -2.47. The van der Waals surface area contributed by atoms with Crippen molar-refractivity contribution in [2.75, 3.05) is 39.3 Å². The molecule has 1 saturated heterocycles. The molecule has 1 N–H and O–H groups in total. The van der Waals surface area contributed by atoms with Crippen LogP contribution in [0.2, 0.25) is 0 Å². The van der Waals surface area contributed by atoms with Crippen LogP contribution in [0.1, 0.15) is 17.2 Å². The maximum atomic E-state index is 13.3. The minimum atomic E-state index is -0.639. The molecule has 1 heterocycles. The van der Waals surface area contributed by atoms with E-state index in [1.165, 1.54) is 17.7 Å². The van der Waals surface area contributed by atoms with Crippen molar-refractivity contribution in [1.82, 2.24) is 9.80 Å². The van der Waals surface area contributed by atoms with Crippen molar-refractivity contribution in [3.63, 3.8) is 0 Å². The van der Waals surface area contributed by atoms with Crippen LogP contribution in [0, 0.1) is 5.82 Å². The van der Waals surface area contributed by atoms with Gasteiger partial charge in [0.2, 0.25) is 0 Å². The Labute approximate surface area is 149 Å². The Morgan fingerprint density at radius 1 is 0.960 bits per heavy atom. The highest BCUT2D eigenvalue weighted by molar-refractivity contribution is 5.48. The quantitative estimate of drug-likeness (QED) is 0.875. The van der Waals surface area contributed by atoms with Crippen molar-refractivity contribution >= 4 is 6.08 Å². The van der Waals surface area contributed by atoms with Crippen molar-refractivity contribution in [2.24, 2.45) is 0 Å². The molecule has 0 bridgehead atoms. The molecule has 1 fully saturated rings. The SMILES string of the molecule is O[C@H](CN1CCN(C/C=C\c2ccccc2)CC1)c1cccc(F)c1. The minimum Gasteiger partial charge on any atom is -0.387 e. The highest BCUT2D eigenvalue weighted by atomic mass is 19.1. The molecule has 1 aliphatic rings. The van der Waals surface area contributed by atoms with Gasteiger partial charge >= 0.3 is 0 Å². The first kappa shape index (κ1) is 17.8. The van der Waals surface area contributed by atoms with Crippen LogP contribution in [0.3, 0.4) is 0 Å². The first-order valence-corrected chi connectivity index (χ1v) is 8.80. The second-order valence-corrected chi connectivity index (χ2v) is 6.49. The van der Waals surface area contributed by atoms with E-state index in [4.69, 9.17) is 0 Å². The van der Waals surface area contributed by atoms with Gasteiger partial charge in [-0.1, -0.05) is 54.6 Å². The Morgan fingerprint density at radius 3 is 2.40 bits per heavy atom. The predicted octanol–water partition coefficient (Wildman–Crippen LogP) is 3.19. The Kier molecular flexibility index (Phi) is 6.34. The van der Waals surface area contributed by atoms with Gasteiger partial charge in [0.15, 0.2) is 0 Å². The zero-order valence-corrected chi connectivity index (χ0v) is 14.4. The summed E-state index contributed by atoms with van der Waals surface area (Å²) in [6.45, 7) is 5.30. The van der Waals surface area contributed by atoms with Crippen LogP contribution in [-0.2, 0) is 0 Å². The molecule has 2 aromatic carbocycles.